The summed E-state index contributed by atoms with van der Waals surface area (Å²) in [5.74, 6) is 0.949. The lowest BCUT2D eigenvalue weighted by molar-refractivity contribution is -0.161. The number of aliphatic hydroxyl groups excluding tert-OH is 1. The molecule has 0 aliphatic carbocycles. The number of hydrogen-bond acceptors (Lipinski definition) is 15. The number of rotatable bonds is 77. The smallest absolute Gasteiger partial charge is 0.462 e. The molecule has 0 amide bonds. The van der Waals surface area contributed by atoms with Crippen LogP contribution in [0.5, 0.6) is 0 Å². The predicted molar refractivity (Wildman–Crippen MR) is 404 cm³/mol. The molecule has 0 radical (unpaired) electrons. The molecule has 0 aromatic heterocycles. The Balaban J connectivity index is 5.21. The molecule has 0 bridgehead atoms. The van der Waals surface area contributed by atoms with Gasteiger partial charge in [0.15, 0.2) is 12.2 Å². The fraction of sp³-hybridized carbons (Fsp3) is 0.950. The summed E-state index contributed by atoms with van der Waals surface area (Å²) < 4.78 is 68.7. The van der Waals surface area contributed by atoms with Crippen molar-refractivity contribution >= 4 is 39.5 Å². The normalized spacial score (nSPS) is 14.1. The number of carbonyl (C=O) groups is 4. The van der Waals surface area contributed by atoms with Crippen molar-refractivity contribution in [1.29, 1.82) is 0 Å². The second-order valence-electron chi connectivity index (χ2n) is 30.7. The molecule has 0 saturated carbocycles. The van der Waals surface area contributed by atoms with Gasteiger partial charge in [0.2, 0.25) is 0 Å². The average molecular weight is 1450 g/mol. The van der Waals surface area contributed by atoms with Gasteiger partial charge in [-0.1, -0.05) is 357 Å². The molecular formula is C80H156O17P2. The van der Waals surface area contributed by atoms with Gasteiger partial charge in [-0.15, -0.1) is 0 Å². The highest BCUT2D eigenvalue weighted by molar-refractivity contribution is 7.47. The van der Waals surface area contributed by atoms with E-state index < -0.39 is 97.5 Å². The first-order chi connectivity index (χ1) is 47.6. The van der Waals surface area contributed by atoms with Gasteiger partial charge < -0.3 is 33.8 Å². The van der Waals surface area contributed by atoms with E-state index >= 15 is 0 Å². The molecule has 0 aromatic rings. The predicted octanol–water partition coefficient (Wildman–Crippen LogP) is 23.6. The van der Waals surface area contributed by atoms with Gasteiger partial charge in [0, 0.05) is 25.7 Å². The van der Waals surface area contributed by atoms with Crippen LogP contribution in [0.25, 0.3) is 0 Å². The van der Waals surface area contributed by atoms with Crippen LogP contribution in [0.15, 0.2) is 0 Å². The van der Waals surface area contributed by atoms with E-state index in [0.717, 1.165) is 114 Å². The highest BCUT2D eigenvalue weighted by Gasteiger charge is 2.30. The van der Waals surface area contributed by atoms with Crippen LogP contribution >= 0.6 is 15.6 Å². The van der Waals surface area contributed by atoms with Crippen molar-refractivity contribution in [3.8, 4) is 0 Å². The highest BCUT2D eigenvalue weighted by Crippen LogP contribution is 2.45. The summed E-state index contributed by atoms with van der Waals surface area (Å²) in [5.41, 5.74) is 0. The van der Waals surface area contributed by atoms with Crippen molar-refractivity contribution in [2.75, 3.05) is 39.6 Å². The first-order valence-electron chi connectivity index (χ1n) is 41.2. The third-order valence-corrected chi connectivity index (χ3v) is 20.5. The zero-order valence-corrected chi connectivity index (χ0v) is 66.9. The van der Waals surface area contributed by atoms with Crippen LogP contribution in [0.2, 0.25) is 0 Å². The summed E-state index contributed by atoms with van der Waals surface area (Å²) >= 11 is 0. The molecule has 0 aliphatic heterocycles. The van der Waals surface area contributed by atoms with Crippen molar-refractivity contribution in [2.45, 2.75) is 427 Å². The summed E-state index contributed by atoms with van der Waals surface area (Å²) in [6.07, 6.45) is 55.6. The molecule has 0 spiro atoms. The molecule has 0 heterocycles. The number of phosphoric ester groups is 2. The maximum absolute atomic E-state index is 13.1. The van der Waals surface area contributed by atoms with Crippen molar-refractivity contribution in [3.63, 3.8) is 0 Å². The number of ether oxygens (including phenoxy) is 4. The number of aliphatic hydroxyl groups is 1. The van der Waals surface area contributed by atoms with Crippen LogP contribution in [0.4, 0.5) is 0 Å². The van der Waals surface area contributed by atoms with Gasteiger partial charge in [0.25, 0.3) is 0 Å². The number of esters is 4. The Hall–Kier alpha value is -1.94. The van der Waals surface area contributed by atoms with E-state index in [-0.39, 0.29) is 25.7 Å². The molecule has 0 saturated heterocycles. The van der Waals surface area contributed by atoms with Gasteiger partial charge in [-0.2, -0.15) is 0 Å². The Bertz CT molecular complexity index is 1940. The SMILES string of the molecule is CC(C)CCCCCCCCCCCCCCCCCCC(=O)O[C@H](COC(=O)CCCCCCCCCC(C)C)COP(=O)(O)OCC(O)COP(=O)(O)OC[C@@H](COC(=O)CCCCCCCCCCCCCCCCC(C)C)OC(=O)CCCCCCCCCCCCC(C)C. The van der Waals surface area contributed by atoms with E-state index in [4.69, 9.17) is 37.0 Å². The number of hydrogen-bond donors (Lipinski definition) is 3. The van der Waals surface area contributed by atoms with E-state index in [1.807, 2.05) is 0 Å². The monoisotopic (exact) mass is 1450 g/mol. The molecule has 0 aliphatic rings. The Morgan fingerprint density at radius 3 is 0.626 bits per heavy atom. The Morgan fingerprint density at radius 1 is 0.253 bits per heavy atom. The zero-order chi connectivity index (χ0) is 73.1. The quantitative estimate of drug-likeness (QED) is 0.0222. The molecule has 5 atom stereocenters. The van der Waals surface area contributed by atoms with Gasteiger partial charge in [-0.3, -0.25) is 37.3 Å². The van der Waals surface area contributed by atoms with Crippen LogP contribution in [-0.2, 0) is 65.4 Å². The molecular weight excluding hydrogens is 1290 g/mol. The Kier molecular flexibility index (Phi) is 67.8. The molecule has 17 nitrogen and oxygen atoms in total. The molecule has 3 unspecified atom stereocenters. The molecule has 99 heavy (non-hydrogen) atoms. The van der Waals surface area contributed by atoms with Gasteiger partial charge in [0.05, 0.1) is 26.4 Å². The molecule has 0 rings (SSSR count). The number of unbranched alkanes of at least 4 members (excludes halogenated alkanes) is 43. The average Bonchev–Trinajstić information content (AvgIpc) is 0.989. The summed E-state index contributed by atoms with van der Waals surface area (Å²) in [6, 6.07) is 0. The summed E-state index contributed by atoms with van der Waals surface area (Å²) in [6.45, 7) is 14.2. The lowest BCUT2D eigenvalue weighted by atomic mass is 10.0. The third kappa shape index (κ3) is 74.1. The standard InChI is InChI=1S/C80H156O17P2/c1-70(2)56-48-40-32-25-19-15-11-9-10-12-18-22-29-37-46-54-62-79(84)97-76(67-91-78(83)61-53-45-39-31-35-43-51-59-73(7)8)69-95-99(88,89)93-65-74(81)64-92-98(86,87)94-68-75(96-80(85)63-55-47-38-30-24-23-27-34-42-50-58-72(5)6)66-90-77(82)60-52-44-36-28-21-17-14-13-16-20-26-33-41-49-57-71(3)4/h70-76,81H,9-69H2,1-8H3,(H,86,87)(H,88,89)/t74?,75-,76-/m1/s1. The van der Waals surface area contributed by atoms with Crippen molar-refractivity contribution in [3.05, 3.63) is 0 Å². The Morgan fingerprint density at radius 2 is 0.424 bits per heavy atom. The second kappa shape index (κ2) is 69.1. The van der Waals surface area contributed by atoms with E-state index in [1.165, 1.54) is 205 Å². The van der Waals surface area contributed by atoms with Crippen molar-refractivity contribution < 1.29 is 80.2 Å². The fourth-order valence-electron chi connectivity index (χ4n) is 12.3. The largest absolute Gasteiger partial charge is 0.472 e. The van der Waals surface area contributed by atoms with Crippen LogP contribution in [0, 0.1) is 23.7 Å². The summed E-state index contributed by atoms with van der Waals surface area (Å²) in [5, 5.41) is 10.6. The van der Waals surface area contributed by atoms with Crippen LogP contribution < -0.4 is 0 Å². The van der Waals surface area contributed by atoms with Crippen LogP contribution in [0.3, 0.4) is 0 Å². The lowest BCUT2D eigenvalue weighted by Crippen LogP contribution is -2.30. The molecule has 0 fully saturated rings. The van der Waals surface area contributed by atoms with E-state index in [2.05, 4.69) is 55.4 Å². The van der Waals surface area contributed by atoms with Crippen LogP contribution in [0.1, 0.15) is 409 Å². The minimum absolute atomic E-state index is 0.106. The van der Waals surface area contributed by atoms with Gasteiger partial charge in [0.1, 0.15) is 19.3 Å². The molecule has 588 valence electrons. The molecule has 0 aromatic carbocycles. The summed E-state index contributed by atoms with van der Waals surface area (Å²) in [4.78, 5) is 73.0. The second-order valence-corrected chi connectivity index (χ2v) is 33.6. The number of phosphoric acid groups is 2. The maximum Gasteiger partial charge on any atom is 0.472 e. The van der Waals surface area contributed by atoms with Crippen LogP contribution in [-0.4, -0.2) is 96.7 Å². The van der Waals surface area contributed by atoms with Crippen molar-refractivity contribution in [1.82, 2.24) is 0 Å². The van der Waals surface area contributed by atoms with Gasteiger partial charge >= 0.3 is 39.5 Å². The summed E-state index contributed by atoms with van der Waals surface area (Å²) in [7, 11) is -9.92. The molecule has 3 N–H and O–H groups in total. The minimum atomic E-state index is -4.96. The first-order valence-corrected chi connectivity index (χ1v) is 44.2. The maximum atomic E-state index is 13.1. The topological polar surface area (TPSA) is 237 Å². The first kappa shape index (κ1) is 97.1. The van der Waals surface area contributed by atoms with E-state index in [9.17, 15) is 43.2 Å². The van der Waals surface area contributed by atoms with E-state index in [0.29, 0.717) is 31.6 Å². The molecule has 19 heteroatoms. The number of carbonyl (C=O) groups excluding carboxylic acids is 4. The minimum Gasteiger partial charge on any atom is -0.462 e. The fourth-order valence-corrected chi connectivity index (χ4v) is 13.8. The van der Waals surface area contributed by atoms with Crippen molar-refractivity contribution in [2.24, 2.45) is 23.7 Å². The van der Waals surface area contributed by atoms with Gasteiger partial charge in [-0.25, -0.2) is 9.13 Å². The van der Waals surface area contributed by atoms with Gasteiger partial charge in [-0.05, 0) is 49.4 Å². The third-order valence-electron chi connectivity index (χ3n) is 18.6. The highest BCUT2D eigenvalue weighted by atomic mass is 31.2. The Labute approximate surface area is 607 Å². The zero-order valence-electron chi connectivity index (χ0n) is 65.1. The lowest BCUT2D eigenvalue weighted by Gasteiger charge is -2.21. The van der Waals surface area contributed by atoms with E-state index in [1.54, 1.807) is 0 Å².